The normalized spacial score (nSPS) is 45.4. The number of hydrogen-bond donors (Lipinski definition) is 1. The van der Waals surface area contributed by atoms with Crippen molar-refractivity contribution in [1.82, 2.24) is 0 Å². The molecule has 56 valence electrons. The molecule has 3 unspecified atom stereocenters. The summed E-state index contributed by atoms with van der Waals surface area (Å²) in [7, 11) is 0. The molecule has 0 heterocycles. The van der Waals surface area contributed by atoms with Crippen molar-refractivity contribution in [2.45, 2.75) is 31.7 Å². The van der Waals surface area contributed by atoms with Gasteiger partial charge in [-0.1, -0.05) is 11.6 Å². The maximum absolute atomic E-state index is 5.00. The molecule has 0 amide bonds. The van der Waals surface area contributed by atoms with Gasteiger partial charge in [-0.05, 0) is 31.1 Å². The van der Waals surface area contributed by atoms with Gasteiger partial charge in [0.1, 0.15) is 0 Å². The average Bonchev–Trinajstić information content (AvgIpc) is 2.48. The number of fused-ring (bicyclic) bond motifs is 2. The van der Waals surface area contributed by atoms with Gasteiger partial charge in [-0.25, -0.2) is 0 Å². The van der Waals surface area contributed by atoms with Crippen molar-refractivity contribution in [2.75, 3.05) is 0 Å². The van der Waals surface area contributed by atoms with Gasteiger partial charge in [0.2, 0.25) is 0 Å². The van der Waals surface area contributed by atoms with Crippen LogP contribution in [0.25, 0.3) is 0 Å². The smallest absolute Gasteiger partial charge is 0.0760 e. The van der Waals surface area contributed by atoms with Gasteiger partial charge in [-0.2, -0.15) is 5.11 Å². The lowest BCUT2D eigenvalue weighted by Gasteiger charge is -2.14. The van der Waals surface area contributed by atoms with Gasteiger partial charge in [-0.15, -0.1) is 0 Å². The summed E-state index contributed by atoms with van der Waals surface area (Å²) in [5.41, 5.74) is 0. The van der Waals surface area contributed by atoms with E-state index >= 15 is 0 Å². The Bertz CT molecular complexity index is 155. The van der Waals surface area contributed by atoms with Gasteiger partial charge in [0.15, 0.2) is 0 Å². The van der Waals surface area contributed by atoms with Crippen LogP contribution in [0.4, 0.5) is 0 Å². The summed E-state index contributed by atoms with van der Waals surface area (Å²) in [6.07, 6.45) is 5.39. The highest BCUT2D eigenvalue weighted by Crippen LogP contribution is 2.45. The molecule has 0 saturated heterocycles. The van der Waals surface area contributed by atoms with E-state index in [1.165, 1.54) is 25.7 Å². The molecule has 2 N–H and O–H groups in total. The molecule has 10 heavy (non-hydrogen) atoms. The third-order valence-electron chi connectivity index (χ3n) is 2.92. The molecule has 0 aliphatic heterocycles. The third-order valence-corrected chi connectivity index (χ3v) is 2.92. The Balaban J connectivity index is 2.02. The number of nitrogens with zero attached hydrogens (tertiary/aromatic N) is 2. The minimum Gasteiger partial charge on any atom is -0.305 e. The van der Waals surface area contributed by atoms with E-state index in [2.05, 4.69) is 10.3 Å². The highest BCUT2D eigenvalue weighted by Gasteiger charge is 2.39. The van der Waals surface area contributed by atoms with Crippen LogP contribution >= 0.6 is 0 Å². The SMILES string of the molecule is NN=NC1CC2CCC1C2. The zero-order valence-corrected chi connectivity index (χ0v) is 6.03. The van der Waals surface area contributed by atoms with Crippen molar-refractivity contribution in [1.29, 1.82) is 0 Å². The van der Waals surface area contributed by atoms with Crippen LogP contribution in [0.2, 0.25) is 0 Å². The Hall–Kier alpha value is -0.600. The first kappa shape index (κ1) is 6.13. The van der Waals surface area contributed by atoms with Gasteiger partial charge < -0.3 is 5.84 Å². The molecule has 3 atom stereocenters. The molecule has 0 aromatic carbocycles. The van der Waals surface area contributed by atoms with Gasteiger partial charge in [0, 0.05) is 0 Å². The van der Waals surface area contributed by atoms with Crippen LogP contribution in [0, 0.1) is 11.8 Å². The second-order valence-corrected chi connectivity index (χ2v) is 3.47. The summed E-state index contributed by atoms with van der Waals surface area (Å²) < 4.78 is 0. The number of rotatable bonds is 1. The lowest BCUT2D eigenvalue weighted by molar-refractivity contribution is 0.406. The van der Waals surface area contributed by atoms with Crippen LogP contribution in [-0.4, -0.2) is 6.04 Å². The lowest BCUT2D eigenvalue weighted by atomic mass is 9.96. The molecule has 0 aromatic heterocycles. The van der Waals surface area contributed by atoms with Crippen LogP contribution in [0.15, 0.2) is 10.3 Å². The lowest BCUT2D eigenvalue weighted by Crippen LogP contribution is -2.13. The predicted molar refractivity (Wildman–Crippen MR) is 38.3 cm³/mol. The topological polar surface area (TPSA) is 50.7 Å². The first-order valence-electron chi connectivity index (χ1n) is 4.00. The highest BCUT2D eigenvalue weighted by molar-refractivity contribution is 4.93. The van der Waals surface area contributed by atoms with Gasteiger partial charge >= 0.3 is 0 Å². The first-order chi connectivity index (χ1) is 4.90. The van der Waals surface area contributed by atoms with Crippen molar-refractivity contribution < 1.29 is 0 Å². The molecule has 2 saturated carbocycles. The largest absolute Gasteiger partial charge is 0.305 e. The minimum absolute atomic E-state index is 0.476. The van der Waals surface area contributed by atoms with Gasteiger partial charge in [0.25, 0.3) is 0 Å². The van der Waals surface area contributed by atoms with E-state index in [9.17, 15) is 0 Å². The second-order valence-electron chi connectivity index (χ2n) is 3.47. The maximum Gasteiger partial charge on any atom is 0.0760 e. The Morgan fingerprint density at radius 2 is 2.10 bits per heavy atom. The van der Waals surface area contributed by atoms with E-state index in [0.29, 0.717) is 6.04 Å². The highest BCUT2D eigenvalue weighted by atomic mass is 15.3. The summed E-state index contributed by atoms with van der Waals surface area (Å²) >= 11 is 0. The standard InChI is InChI=1S/C7H13N3/c8-10-9-7-4-5-1-2-6(7)3-5/h5-7H,1-4H2,(H2,8,9). The Morgan fingerprint density at radius 3 is 2.60 bits per heavy atom. The minimum atomic E-state index is 0.476. The molecular weight excluding hydrogens is 126 g/mol. The molecule has 0 aromatic rings. The number of hydrogen-bond acceptors (Lipinski definition) is 2. The summed E-state index contributed by atoms with van der Waals surface area (Å²) in [5, 5.41) is 7.37. The zero-order valence-electron chi connectivity index (χ0n) is 6.03. The van der Waals surface area contributed by atoms with E-state index in [0.717, 1.165) is 11.8 Å². The quantitative estimate of drug-likeness (QED) is 0.334. The van der Waals surface area contributed by atoms with Crippen LogP contribution in [-0.2, 0) is 0 Å². The predicted octanol–water partition coefficient (Wildman–Crippen LogP) is 1.50. The van der Waals surface area contributed by atoms with Gasteiger partial charge in [0.05, 0.1) is 6.04 Å². The summed E-state index contributed by atoms with van der Waals surface area (Å²) in [6.45, 7) is 0. The van der Waals surface area contributed by atoms with Crippen molar-refractivity contribution in [3.8, 4) is 0 Å². The fourth-order valence-electron chi connectivity index (χ4n) is 2.44. The molecular formula is C7H13N3. The van der Waals surface area contributed by atoms with Crippen LogP contribution in [0.3, 0.4) is 0 Å². The summed E-state index contributed by atoms with van der Waals surface area (Å²) in [5.74, 6) is 6.76. The molecule has 2 bridgehead atoms. The number of nitrogens with two attached hydrogens (primary N) is 1. The van der Waals surface area contributed by atoms with Gasteiger partial charge in [-0.3, -0.25) is 0 Å². The van der Waals surface area contributed by atoms with Crippen molar-refractivity contribution >= 4 is 0 Å². The van der Waals surface area contributed by atoms with Crippen LogP contribution in [0.1, 0.15) is 25.7 Å². The molecule has 2 fully saturated rings. The van der Waals surface area contributed by atoms with Crippen LogP contribution in [0.5, 0.6) is 0 Å². The maximum atomic E-state index is 5.00. The van der Waals surface area contributed by atoms with Crippen molar-refractivity contribution in [3.63, 3.8) is 0 Å². The fourth-order valence-corrected chi connectivity index (χ4v) is 2.44. The van der Waals surface area contributed by atoms with E-state index < -0.39 is 0 Å². The third kappa shape index (κ3) is 0.805. The van der Waals surface area contributed by atoms with Crippen molar-refractivity contribution in [3.05, 3.63) is 0 Å². The first-order valence-corrected chi connectivity index (χ1v) is 4.00. The average molecular weight is 139 g/mol. The molecule has 2 rings (SSSR count). The molecule has 2 aliphatic carbocycles. The van der Waals surface area contributed by atoms with E-state index in [4.69, 9.17) is 5.84 Å². The Labute approximate surface area is 60.7 Å². The Morgan fingerprint density at radius 1 is 1.20 bits per heavy atom. The molecule has 3 heteroatoms. The monoisotopic (exact) mass is 139 g/mol. The van der Waals surface area contributed by atoms with E-state index in [-0.39, 0.29) is 0 Å². The summed E-state index contributed by atoms with van der Waals surface area (Å²) in [6, 6.07) is 0.476. The van der Waals surface area contributed by atoms with Crippen LogP contribution < -0.4 is 5.84 Å². The fraction of sp³-hybridized carbons (Fsp3) is 1.00. The zero-order chi connectivity index (χ0) is 6.97. The summed E-state index contributed by atoms with van der Waals surface area (Å²) in [4.78, 5) is 0. The molecule has 3 nitrogen and oxygen atoms in total. The second kappa shape index (κ2) is 2.22. The Kier molecular flexibility index (Phi) is 1.36. The molecule has 0 radical (unpaired) electrons. The van der Waals surface area contributed by atoms with E-state index in [1.54, 1.807) is 0 Å². The van der Waals surface area contributed by atoms with Crippen molar-refractivity contribution in [2.24, 2.45) is 28.0 Å². The van der Waals surface area contributed by atoms with E-state index in [1.807, 2.05) is 0 Å². The molecule has 0 spiro atoms. The molecule has 2 aliphatic rings.